The molecule has 0 saturated carbocycles. The second-order valence-corrected chi connectivity index (χ2v) is 7.76. The zero-order chi connectivity index (χ0) is 18.5. The lowest BCUT2D eigenvalue weighted by Crippen LogP contribution is -2.41. The normalized spacial score (nSPS) is 13.5. The molecule has 1 aromatic rings. The third kappa shape index (κ3) is 5.95. The molecule has 0 spiro atoms. The summed E-state index contributed by atoms with van der Waals surface area (Å²) in [6, 6.07) is 1.08. The van der Waals surface area contributed by atoms with Crippen molar-refractivity contribution in [2.75, 3.05) is 13.7 Å². The largest absolute Gasteiger partial charge is 0.480 e. The third-order valence-corrected chi connectivity index (χ3v) is 4.17. The van der Waals surface area contributed by atoms with Crippen LogP contribution < -0.4 is 10.0 Å². The van der Waals surface area contributed by atoms with Crippen LogP contribution in [0.15, 0.2) is 21.6 Å². The van der Waals surface area contributed by atoms with Crippen LogP contribution in [-0.4, -0.2) is 50.7 Å². The molecular formula is C14H22N2O7S. The molecular weight excluding hydrogens is 340 g/mol. The summed E-state index contributed by atoms with van der Waals surface area (Å²) in [5.74, 6) is -2.35. The van der Waals surface area contributed by atoms with Crippen molar-refractivity contribution in [3.05, 3.63) is 17.9 Å². The van der Waals surface area contributed by atoms with Crippen molar-refractivity contribution in [2.45, 2.75) is 43.9 Å². The molecule has 1 amide bonds. The molecule has 1 unspecified atom stereocenters. The number of ether oxygens (including phenoxy) is 1. The Labute approximate surface area is 140 Å². The number of furan rings is 1. The Kier molecular flexibility index (Phi) is 6.52. The van der Waals surface area contributed by atoms with Crippen molar-refractivity contribution in [3.8, 4) is 0 Å². The van der Waals surface area contributed by atoms with Crippen molar-refractivity contribution in [2.24, 2.45) is 0 Å². The zero-order valence-electron chi connectivity index (χ0n) is 14.0. The number of aliphatic carboxylic acids is 1. The summed E-state index contributed by atoms with van der Waals surface area (Å²) in [5, 5.41) is 11.0. The second-order valence-electron chi connectivity index (χ2n) is 5.94. The van der Waals surface area contributed by atoms with Gasteiger partial charge in [-0.25, -0.2) is 17.9 Å². The van der Waals surface area contributed by atoms with Crippen molar-refractivity contribution in [3.63, 3.8) is 0 Å². The van der Waals surface area contributed by atoms with E-state index in [0.717, 1.165) is 12.1 Å². The molecule has 136 valence electrons. The number of hydrogen-bond donors (Lipinski definition) is 3. The van der Waals surface area contributed by atoms with Gasteiger partial charge in [0.25, 0.3) is 15.9 Å². The highest BCUT2D eigenvalue weighted by Crippen LogP contribution is 2.14. The van der Waals surface area contributed by atoms with Crippen molar-refractivity contribution >= 4 is 21.9 Å². The van der Waals surface area contributed by atoms with E-state index in [1.54, 1.807) is 0 Å². The van der Waals surface area contributed by atoms with Gasteiger partial charge in [-0.05, 0) is 40.0 Å². The smallest absolute Gasteiger partial charge is 0.326 e. The first-order valence-corrected chi connectivity index (χ1v) is 8.65. The maximum absolute atomic E-state index is 12.0. The van der Waals surface area contributed by atoms with E-state index in [1.807, 2.05) is 25.5 Å². The predicted molar refractivity (Wildman–Crippen MR) is 84.2 cm³/mol. The van der Waals surface area contributed by atoms with Gasteiger partial charge in [-0.1, -0.05) is 0 Å². The number of carboxylic acid groups (broad SMARTS) is 1. The van der Waals surface area contributed by atoms with Gasteiger partial charge in [0.05, 0.1) is 5.60 Å². The van der Waals surface area contributed by atoms with E-state index in [0.29, 0.717) is 0 Å². The summed E-state index contributed by atoms with van der Waals surface area (Å²) in [6.07, 6.45) is 0.0563. The highest BCUT2D eigenvalue weighted by molar-refractivity contribution is 7.89. The number of nitrogens with one attached hydrogen (secondary N) is 2. The highest BCUT2D eigenvalue weighted by atomic mass is 32.2. The van der Waals surface area contributed by atoms with Crippen LogP contribution in [0.3, 0.4) is 0 Å². The van der Waals surface area contributed by atoms with Crippen LogP contribution >= 0.6 is 0 Å². The number of carboxylic acids is 1. The maximum atomic E-state index is 12.0. The van der Waals surface area contributed by atoms with Gasteiger partial charge in [-0.2, -0.15) is 0 Å². The van der Waals surface area contributed by atoms with Gasteiger partial charge in [-0.3, -0.25) is 4.79 Å². The molecule has 0 aliphatic carbocycles. The molecule has 3 N–H and O–H groups in total. The Morgan fingerprint density at radius 3 is 2.46 bits per heavy atom. The number of rotatable bonds is 8. The SMILES string of the molecule is CNS(=O)(=O)c1ccc(C(=O)NC(CCOC(C)(C)C)C(=O)O)o1. The Hall–Kier alpha value is -1.91. The number of sulfonamides is 1. The lowest BCUT2D eigenvalue weighted by Gasteiger charge is -2.21. The van der Waals surface area contributed by atoms with Gasteiger partial charge < -0.3 is 19.6 Å². The third-order valence-electron chi connectivity index (χ3n) is 2.88. The van der Waals surface area contributed by atoms with E-state index >= 15 is 0 Å². The minimum atomic E-state index is -3.82. The first-order chi connectivity index (χ1) is 11.0. The fraction of sp³-hybridized carbons (Fsp3) is 0.571. The van der Waals surface area contributed by atoms with Crippen LogP contribution in [0.25, 0.3) is 0 Å². The summed E-state index contributed by atoms with van der Waals surface area (Å²) < 4.78 is 35.5. The summed E-state index contributed by atoms with van der Waals surface area (Å²) in [6.45, 7) is 5.62. The van der Waals surface area contributed by atoms with Gasteiger partial charge in [-0.15, -0.1) is 0 Å². The minimum Gasteiger partial charge on any atom is -0.480 e. The number of hydrogen-bond acceptors (Lipinski definition) is 6. The molecule has 0 fully saturated rings. The summed E-state index contributed by atoms with van der Waals surface area (Å²) in [5.41, 5.74) is -0.426. The van der Waals surface area contributed by atoms with Gasteiger partial charge in [0.2, 0.25) is 5.09 Å². The molecule has 0 radical (unpaired) electrons. The van der Waals surface area contributed by atoms with Crippen LogP contribution in [0.5, 0.6) is 0 Å². The monoisotopic (exact) mass is 362 g/mol. The molecule has 0 aliphatic rings. The number of carbonyl (C=O) groups is 2. The summed E-state index contributed by atoms with van der Waals surface area (Å²) in [7, 11) is -2.62. The molecule has 9 nitrogen and oxygen atoms in total. The topological polar surface area (TPSA) is 135 Å². The lowest BCUT2D eigenvalue weighted by molar-refractivity contribution is -0.140. The molecule has 0 bridgehead atoms. The van der Waals surface area contributed by atoms with E-state index in [2.05, 4.69) is 5.32 Å². The first kappa shape index (κ1) is 20.1. The first-order valence-electron chi connectivity index (χ1n) is 7.17. The molecule has 10 heteroatoms. The van der Waals surface area contributed by atoms with E-state index < -0.39 is 38.6 Å². The van der Waals surface area contributed by atoms with Gasteiger partial charge in [0.1, 0.15) is 6.04 Å². The Morgan fingerprint density at radius 2 is 1.96 bits per heavy atom. The van der Waals surface area contributed by atoms with E-state index in [-0.39, 0.29) is 18.8 Å². The molecule has 1 rings (SSSR count). The van der Waals surface area contributed by atoms with E-state index in [1.165, 1.54) is 7.05 Å². The standard InChI is InChI=1S/C14H22N2O7S/c1-14(2,3)22-8-7-9(13(18)19)16-12(17)10-5-6-11(23-10)24(20,21)15-4/h5-6,9,15H,7-8H2,1-4H3,(H,16,17)(H,18,19). The van der Waals surface area contributed by atoms with Crippen LogP contribution in [-0.2, 0) is 19.6 Å². The predicted octanol–water partition coefficient (Wildman–Crippen LogP) is 0.576. The molecule has 0 saturated heterocycles. The van der Waals surface area contributed by atoms with Gasteiger partial charge >= 0.3 is 5.97 Å². The highest BCUT2D eigenvalue weighted by Gasteiger charge is 2.25. The molecule has 1 heterocycles. The molecule has 1 aromatic heterocycles. The second kappa shape index (κ2) is 7.77. The Bertz CT molecular complexity index is 688. The fourth-order valence-electron chi connectivity index (χ4n) is 1.66. The van der Waals surface area contributed by atoms with Crippen LogP contribution in [0, 0.1) is 0 Å². The van der Waals surface area contributed by atoms with Crippen molar-refractivity contribution < 1.29 is 32.3 Å². The Balaban J connectivity index is 2.74. The van der Waals surface area contributed by atoms with Gasteiger partial charge in [0.15, 0.2) is 5.76 Å². The van der Waals surface area contributed by atoms with Crippen LogP contribution in [0.4, 0.5) is 0 Å². The summed E-state index contributed by atoms with van der Waals surface area (Å²) >= 11 is 0. The minimum absolute atomic E-state index is 0.0563. The molecule has 1 atom stereocenters. The Morgan fingerprint density at radius 1 is 1.33 bits per heavy atom. The molecule has 0 aromatic carbocycles. The van der Waals surface area contributed by atoms with Crippen LogP contribution in [0.1, 0.15) is 37.7 Å². The van der Waals surface area contributed by atoms with Crippen molar-refractivity contribution in [1.29, 1.82) is 0 Å². The average Bonchev–Trinajstić information content (AvgIpc) is 2.95. The zero-order valence-corrected chi connectivity index (χ0v) is 14.8. The quantitative estimate of drug-likeness (QED) is 0.615. The lowest BCUT2D eigenvalue weighted by atomic mass is 10.1. The number of carbonyl (C=O) groups excluding carboxylic acids is 1. The molecule has 0 aliphatic heterocycles. The fourth-order valence-corrected chi connectivity index (χ4v) is 2.30. The maximum Gasteiger partial charge on any atom is 0.326 e. The summed E-state index contributed by atoms with van der Waals surface area (Å²) in [4.78, 5) is 23.2. The van der Waals surface area contributed by atoms with E-state index in [4.69, 9.17) is 14.3 Å². The number of amides is 1. The van der Waals surface area contributed by atoms with Crippen molar-refractivity contribution in [1.82, 2.24) is 10.0 Å². The average molecular weight is 362 g/mol. The van der Waals surface area contributed by atoms with Crippen LogP contribution in [0.2, 0.25) is 0 Å². The van der Waals surface area contributed by atoms with Gasteiger partial charge in [0, 0.05) is 13.0 Å². The van der Waals surface area contributed by atoms with E-state index in [9.17, 15) is 18.0 Å². The molecule has 24 heavy (non-hydrogen) atoms.